The van der Waals surface area contributed by atoms with Crippen LogP contribution in [0.5, 0.6) is 0 Å². The number of aliphatic hydroxyl groups excluding tert-OH is 1. The van der Waals surface area contributed by atoms with E-state index in [1.54, 1.807) is 13.8 Å². The Morgan fingerprint density at radius 3 is 2.00 bits per heavy atom. The summed E-state index contributed by atoms with van der Waals surface area (Å²) in [4.78, 5) is 123. The number of imidazole rings is 1. The van der Waals surface area contributed by atoms with Crippen molar-refractivity contribution in [1.82, 2.24) is 41.5 Å². The van der Waals surface area contributed by atoms with Crippen LogP contribution in [-0.4, -0.2) is 145 Å². The first-order valence-electron chi connectivity index (χ1n) is 18.4. The van der Waals surface area contributed by atoms with Crippen molar-refractivity contribution in [2.75, 3.05) is 13.1 Å². The molecule has 2 rings (SSSR count). The van der Waals surface area contributed by atoms with Crippen molar-refractivity contribution in [3.05, 3.63) is 18.2 Å². The molecule has 1 aliphatic rings. The van der Waals surface area contributed by atoms with Gasteiger partial charge in [0.1, 0.15) is 36.3 Å². The average Bonchev–Trinajstić information content (AvgIpc) is 3.84. The van der Waals surface area contributed by atoms with Crippen LogP contribution in [-0.2, 0) is 49.6 Å². The normalized spacial score (nSPS) is 17.5. The fourth-order valence-corrected chi connectivity index (χ4v) is 5.97. The van der Waals surface area contributed by atoms with E-state index in [-0.39, 0.29) is 25.8 Å². The van der Waals surface area contributed by atoms with E-state index in [0.717, 1.165) is 4.90 Å². The summed E-state index contributed by atoms with van der Waals surface area (Å²) in [6.45, 7) is 4.92. The van der Waals surface area contributed by atoms with E-state index in [9.17, 15) is 58.5 Å². The minimum atomic E-state index is -1.85. The van der Waals surface area contributed by atoms with E-state index in [4.69, 9.17) is 17.2 Å². The predicted octanol–water partition coefficient (Wildman–Crippen LogP) is -4.71. The number of aliphatic hydroxyl groups is 1. The molecular weight excluding hydrogens is 754 g/mol. The van der Waals surface area contributed by atoms with Crippen molar-refractivity contribution < 1.29 is 58.5 Å². The molecule has 1 aromatic heterocycles. The number of H-pyrrole nitrogens is 1. The Balaban J connectivity index is 2.22. The van der Waals surface area contributed by atoms with E-state index in [0.29, 0.717) is 31.5 Å². The Morgan fingerprint density at radius 2 is 1.47 bits per heavy atom. The first-order chi connectivity index (χ1) is 26.8. The molecule has 2 heterocycles. The van der Waals surface area contributed by atoms with Crippen molar-refractivity contribution in [1.29, 1.82) is 0 Å². The molecule has 8 atom stereocenters. The van der Waals surface area contributed by atoms with Gasteiger partial charge >= 0.3 is 11.9 Å². The number of hydrogen-bond donors (Lipinski definition) is 12. The highest BCUT2D eigenvalue weighted by Gasteiger charge is 2.41. The Hall–Kier alpha value is -5.68. The van der Waals surface area contributed by atoms with Gasteiger partial charge in [0.2, 0.25) is 41.4 Å². The second kappa shape index (κ2) is 22.8. The van der Waals surface area contributed by atoms with Crippen molar-refractivity contribution in [2.45, 2.75) is 121 Å². The molecule has 23 heteroatoms. The van der Waals surface area contributed by atoms with Gasteiger partial charge < -0.3 is 69.0 Å². The number of carboxylic acids is 2. The maximum atomic E-state index is 13.9. The summed E-state index contributed by atoms with van der Waals surface area (Å²) in [6.07, 6.45) is 0.968. The minimum absolute atomic E-state index is 0.0319. The number of rotatable bonds is 24. The number of amides is 7. The van der Waals surface area contributed by atoms with Crippen LogP contribution in [0.4, 0.5) is 0 Å². The molecule has 23 nitrogen and oxygen atoms in total. The Morgan fingerprint density at radius 1 is 0.860 bits per heavy atom. The molecule has 1 saturated heterocycles. The van der Waals surface area contributed by atoms with Gasteiger partial charge in [0, 0.05) is 24.9 Å². The Bertz CT molecular complexity index is 1590. The molecule has 0 bridgehead atoms. The molecule has 1 aromatic rings. The van der Waals surface area contributed by atoms with E-state index in [1.165, 1.54) is 19.4 Å². The molecule has 7 amide bonds. The zero-order valence-corrected chi connectivity index (χ0v) is 32.1. The number of likely N-dealkylation sites (tertiary alicyclic amines) is 1. The second-order valence-corrected chi connectivity index (χ2v) is 14.1. The summed E-state index contributed by atoms with van der Waals surface area (Å²) in [6, 6.07) is -10.2. The molecule has 318 valence electrons. The number of nitrogens with one attached hydrogen (secondary N) is 6. The van der Waals surface area contributed by atoms with Crippen LogP contribution in [0.2, 0.25) is 0 Å². The Labute approximate surface area is 328 Å². The van der Waals surface area contributed by atoms with Gasteiger partial charge in [-0.3, -0.25) is 38.4 Å². The number of nitrogens with zero attached hydrogens (tertiary/aromatic N) is 2. The van der Waals surface area contributed by atoms with Crippen molar-refractivity contribution in [3.8, 4) is 0 Å². The van der Waals surface area contributed by atoms with Crippen LogP contribution in [0.3, 0.4) is 0 Å². The molecule has 0 radical (unpaired) electrons. The van der Waals surface area contributed by atoms with Crippen LogP contribution >= 0.6 is 0 Å². The summed E-state index contributed by atoms with van der Waals surface area (Å²) < 4.78 is 0. The maximum absolute atomic E-state index is 13.9. The summed E-state index contributed by atoms with van der Waals surface area (Å²) in [7, 11) is 0. The topological polar surface area (TPSA) is 384 Å². The first kappa shape index (κ1) is 47.5. The van der Waals surface area contributed by atoms with Gasteiger partial charge in [0.05, 0.1) is 31.3 Å². The lowest BCUT2D eigenvalue weighted by Gasteiger charge is -2.32. The number of carbonyl (C=O) groups excluding carboxylic acids is 7. The van der Waals surface area contributed by atoms with E-state index >= 15 is 0 Å². The van der Waals surface area contributed by atoms with Crippen LogP contribution < -0.4 is 43.8 Å². The summed E-state index contributed by atoms with van der Waals surface area (Å²) in [5.41, 5.74) is 17.0. The van der Waals surface area contributed by atoms with Gasteiger partial charge in [-0.1, -0.05) is 20.3 Å². The molecule has 15 N–H and O–H groups in total. The van der Waals surface area contributed by atoms with Gasteiger partial charge in [0.25, 0.3) is 0 Å². The van der Waals surface area contributed by atoms with E-state index in [2.05, 4.69) is 36.6 Å². The highest BCUT2D eigenvalue weighted by atomic mass is 16.4. The zero-order valence-electron chi connectivity index (χ0n) is 32.1. The van der Waals surface area contributed by atoms with Crippen molar-refractivity contribution >= 4 is 53.3 Å². The number of aromatic amines is 1. The first-order valence-corrected chi connectivity index (χ1v) is 18.4. The SMILES string of the molecule is CC(C)[C@H](NC(=O)[C@@H](NC(=O)[C@@H](N)CCCCN)[C@@H](C)O)C(=O)N1CCC[C@H]1C(=O)N[C@@H](CC(=O)O)C(=O)N[C@@H](CC(N)=O)C(=O)N[C@@H](Cc1cnc[nH]1)C(=O)O. The smallest absolute Gasteiger partial charge is 0.326 e. The predicted molar refractivity (Wildman–Crippen MR) is 198 cm³/mol. The standard InChI is InChI=1S/C34H55N11O12/c1-16(2)26(43-32(54)27(17(3)46)44-28(50)19(36)7-4-5-9-35)33(55)45-10-6-8-23(45)31(53)41-21(13-25(48)49)30(52)40-20(12-24(37)47)29(51)42-22(34(56)57)11-18-14-38-15-39-18/h14-17,19-23,26-27,46H,4-13,35-36H2,1-3H3,(H2,37,47)(H,38,39)(H,40,52)(H,41,53)(H,42,51)(H,43,54)(H,44,50)(H,48,49)(H,56,57)/t17-,19+,20+,21+,22+,23+,26+,27+/m1/s1. The lowest BCUT2D eigenvalue weighted by molar-refractivity contribution is -0.145. The maximum Gasteiger partial charge on any atom is 0.326 e. The molecule has 0 unspecified atom stereocenters. The molecule has 0 aromatic carbocycles. The van der Waals surface area contributed by atoms with E-state index < -0.39 is 120 Å². The molecule has 0 spiro atoms. The quantitative estimate of drug-likeness (QED) is 0.0437. The van der Waals surface area contributed by atoms with Crippen molar-refractivity contribution in [2.24, 2.45) is 23.1 Å². The van der Waals surface area contributed by atoms with Crippen LogP contribution in [0, 0.1) is 5.92 Å². The van der Waals surface area contributed by atoms with Gasteiger partial charge in [-0.15, -0.1) is 0 Å². The molecular formula is C34H55N11O12. The highest BCUT2D eigenvalue weighted by Crippen LogP contribution is 2.21. The highest BCUT2D eigenvalue weighted by molar-refractivity contribution is 5.99. The van der Waals surface area contributed by atoms with Gasteiger partial charge in [-0.25, -0.2) is 9.78 Å². The summed E-state index contributed by atoms with van der Waals surface area (Å²) in [5.74, 6) is -10.3. The molecule has 1 aliphatic heterocycles. The number of unbranched alkanes of at least 4 members (excludes halogenated alkanes) is 1. The van der Waals surface area contributed by atoms with Gasteiger partial charge in [-0.2, -0.15) is 0 Å². The lowest BCUT2D eigenvalue weighted by Crippen LogP contribution is -2.61. The average molecular weight is 810 g/mol. The van der Waals surface area contributed by atoms with Gasteiger partial charge in [-0.05, 0) is 45.1 Å². The molecule has 0 saturated carbocycles. The largest absolute Gasteiger partial charge is 0.481 e. The number of hydrogen-bond acceptors (Lipinski definition) is 13. The van der Waals surface area contributed by atoms with Crippen LogP contribution in [0.1, 0.15) is 71.4 Å². The zero-order chi connectivity index (χ0) is 43.0. The molecule has 0 aliphatic carbocycles. The monoisotopic (exact) mass is 809 g/mol. The fraction of sp³-hybridized carbons (Fsp3) is 0.647. The minimum Gasteiger partial charge on any atom is -0.481 e. The van der Waals surface area contributed by atoms with E-state index in [1.807, 2.05) is 0 Å². The van der Waals surface area contributed by atoms with Crippen LogP contribution in [0.15, 0.2) is 12.5 Å². The Kier molecular flexibility index (Phi) is 19.0. The molecule has 1 fully saturated rings. The summed E-state index contributed by atoms with van der Waals surface area (Å²) >= 11 is 0. The summed E-state index contributed by atoms with van der Waals surface area (Å²) in [5, 5.41) is 41.1. The number of carbonyl (C=O) groups is 9. The number of nitrogens with two attached hydrogens (primary N) is 3. The number of primary amides is 1. The van der Waals surface area contributed by atoms with Crippen LogP contribution in [0.25, 0.3) is 0 Å². The lowest BCUT2D eigenvalue weighted by atomic mass is 10.0. The second-order valence-electron chi connectivity index (χ2n) is 14.1. The fourth-order valence-electron chi connectivity index (χ4n) is 5.97. The third-order valence-corrected chi connectivity index (χ3v) is 9.08. The number of aliphatic carboxylic acids is 2. The molecule has 57 heavy (non-hydrogen) atoms. The van der Waals surface area contributed by atoms with Crippen molar-refractivity contribution in [3.63, 3.8) is 0 Å². The third-order valence-electron chi connectivity index (χ3n) is 9.08. The number of aromatic nitrogens is 2. The van der Waals surface area contributed by atoms with Gasteiger partial charge in [0.15, 0.2) is 0 Å². The third kappa shape index (κ3) is 15.1. The number of carboxylic acid groups (broad SMARTS) is 2.